The molecule has 0 radical (unpaired) electrons. The molecule has 0 aromatic rings. The summed E-state index contributed by atoms with van der Waals surface area (Å²) in [6.07, 6.45) is 49.2. The van der Waals surface area contributed by atoms with Gasteiger partial charge in [0.25, 0.3) is 0 Å². The Morgan fingerprint density at radius 2 is 1.03 bits per heavy atom. The lowest BCUT2D eigenvalue weighted by Gasteiger charge is -2.41. The summed E-state index contributed by atoms with van der Waals surface area (Å²) in [5.74, 6) is -1.27. The normalized spacial score (nSPS) is 20.4. The van der Waals surface area contributed by atoms with Crippen LogP contribution in [-0.4, -0.2) is 99.6 Å². The molecule has 1 fully saturated rings. The van der Waals surface area contributed by atoms with Gasteiger partial charge in [0.05, 0.1) is 25.4 Å². The van der Waals surface area contributed by atoms with E-state index in [-0.39, 0.29) is 19.4 Å². The Bertz CT molecular complexity index is 1460. The molecule has 8 unspecified atom stereocenters. The standard InChI is InChI=1S/C59H101NO10/c1-4-7-10-13-16-19-22-24-26-27-28-31-34-37-40-43-46-52(63)58(67)60-50(51(62)45-42-39-36-33-30-21-18-15-12-9-6-3)49-68-59-57(56(66)55(65)53(48-61)69-59)70-54(64)47-44-41-38-35-32-29-25-23-20-17-14-11-8-5-2/h8,11,16-17,19-20,24,26,28,31,37,40,42,45,50-53,55-57,59,61-63,65-66H,4-7,9-10,12-15,18,21-23,25,27,29-30,32-36,38-39,41,43-44,46-49H2,1-3H3,(H,60,67)/b11-8+,19-16-,20-17+,26-24-,31-28-,40-37-,45-42+. The fourth-order valence-corrected chi connectivity index (χ4v) is 8.09. The van der Waals surface area contributed by atoms with Crippen LogP contribution in [0.1, 0.15) is 213 Å². The molecule has 0 bridgehead atoms. The minimum Gasteiger partial charge on any atom is -0.454 e. The van der Waals surface area contributed by atoms with Crippen molar-refractivity contribution in [1.82, 2.24) is 5.32 Å². The number of carbonyl (C=O) groups is 2. The molecule has 0 aromatic heterocycles. The molecule has 6 N–H and O–H groups in total. The van der Waals surface area contributed by atoms with E-state index in [1.54, 1.807) is 6.08 Å². The quantitative estimate of drug-likeness (QED) is 0.0196. The molecule has 0 aliphatic carbocycles. The van der Waals surface area contributed by atoms with Crippen molar-refractivity contribution in [3.8, 4) is 0 Å². The maximum absolute atomic E-state index is 13.3. The summed E-state index contributed by atoms with van der Waals surface area (Å²) in [5.41, 5.74) is 0. The van der Waals surface area contributed by atoms with Crippen LogP contribution in [0.2, 0.25) is 0 Å². The SMILES string of the molecule is CC/C=C/C/C=C/CCCCCCCCCC(=O)OC1C(OCC(NC(=O)C(O)CC/C=C\C/C=C\C/C=C\C/C=C\CCCCC)C(O)/C=C/CCCCCCCCCCC)OC(CO)C(O)C1O. The van der Waals surface area contributed by atoms with Crippen LogP contribution in [0.3, 0.4) is 0 Å². The Morgan fingerprint density at radius 1 is 0.571 bits per heavy atom. The largest absolute Gasteiger partial charge is 0.454 e. The van der Waals surface area contributed by atoms with Crippen molar-refractivity contribution in [3.05, 3.63) is 85.1 Å². The van der Waals surface area contributed by atoms with Gasteiger partial charge in [0.15, 0.2) is 12.4 Å². The van der Waals surface area contributed by atoms with Gasteiger partial charge in [0, 0.05) is 6.42 Å². The Morgan fingerprint density at radius 3 is 1.57 bits per heavy atom. The van der Waals surface area contributed by atoms with Crippen molar-refractivity contribution in [2.24, 2.45) is 0 Å². The fraction of sp³-hybridized carbons (Fsp3) is 0.729. The van der Waals surface area contributed by atoms with Crippen LogP contribution in [0.4, 0.5) is 0 Å². The maximum atomic E-state index is 13.3. The van der Waals surface area contributed by atoms with Gasteiger partial charge in [-0.2, -0.15) is 0 Å². The monoisotopic (exact) mass is 984 g/mol. The number of carbonyl (C=O) groups excluding carboxylic acids is 2. The second kappa shape index (κ2) is 46.9. The van der Waals surface area contributed by atoms with Crippen LogP contribution in [0, 0.1) is 0 Å². The van der Waals surface area contributed by atoms with E-state index in [0.717, 1.165) is 103 Å². The zero-order chi connectivity index (χ0) is 51.1. The highest BCUT2D eigenvalue weighted by molar-refractivity contribution is 5.80. The Hall–Kier alpha value is -3.16. The molecule has 0 aromatic carbocycles. The number of unbranched alkanes of at least 4 members (excludes halogenated alkanes) is 19. The molecule has 1 saturated heterocycles. The number of hydrogen-bond donors (Lipinski definition) is 6. The van der Waals surface area contributed by atoms with Gasteiger partial charge in [0.1, 0.15) is 24.4 Å². The molecule has 8 atom stereocenters. The minimum absolute atomic E-state index is 0.104. The Balaban J connectivity index is 2.79. The van der Waals surface area contributed by atoms with Gasteiger partial charge >= 0.3 is 5.97 Å². The van der Waals surface area contributed by atoms with Crippen molar-refractivity contribution in [2.45, 2.75) is 262 Å². The number of aliphatic hydroxyl groups excluding tert-OH is 5. The van der Waals surface area contributed by atoms with Gasteiger partial charge in [-0.05, 0) is 89.9 Å². The predicted molar refractivity (Wildman–Crippen MR) is 287 cm³/mol. The van der Waals surface area contributed by atoms with Crippen molar-refractivity contribution in [2.75, 3.05) is 13.2 Å². The van der Waals surface area contributed by atoms with Crippen LogP contribution >= 0.6 is 0 Å². The molecule has 11 nitrogen and oxygen atoms in total. The maximum Gasteiger partial charge on any atom is 0.306 e. The van der Waals surface area contributed by atoms with Crippen LogP contribution in [0.5, 0.6) is 0 Å². The first-order valence-corrected chi connectivity index (χ1v) is 27.9. The van der Waals surface area contributed by atoms with E-state index >= 15 is 0 Å². The molecule has 70 heavy (non-hydrogen) atoms. The van der Waals surface area contributed by atoms with Crippen LogP contribution < -0.4 is 5.32 Å². The summed E-state index contributed by atoms with van der Waals surface area (Å²) >= 11 is 0. The summed E-state index contributed by atoms with van der Waals surface area (Å²) in [5, 5.41) is 56.6. The Labute approximate surface area is 425 Å². The van der Waals surface area contributed by atoms with Crippen molar-refractivity contribution < 1.29 is 49.3 Å². The average molecular weight is 984 g/mol. The molecular formula is C59H101NO10. The number of aliphatic hydroxyl groups is 5. The first-order valence-electron chi connectivity index (χ1n) is 27.9. The highest BCUT2D eigenvalue weighted by Crippen LogP contribution is 2.26. The van der Waals surface area contributed by atoms with E-state index in [4.69, 9.17) is 14.2 Å². The second-order valence-electron chi connectivity index (χ2n) is 18.9. The van der Waals surface area contributed by atoms with Crippen LogP contribution in [0.15, 0.2) is 85.1 Å². The molecule has 402 valence electrons. The molecule has 1 aliphatic heterocycles. The van der Waals surface area contributed by atoms with Crippen molar-refractivity contribution >= 4 is 11.9 Å². The third kappa shape index (κ3) is 35.0. The lowest BCUT2D eigenvalue weighted by Crippen LogP contribution is -2.61. The number of amides is 1. The topological polar surface area (TPSA) is 175 Å². The minimum atomic E-state index is -1.63. The van der Waals surface area contributed by atoms with Gasteiger partial charge in [0.2, 0.25) is 5.91 Å². The summed E-state index contributed by atoms with van der Waals surface area (Å²) in [4.78, 5) is 26.4. The number of esters is 1. The fourth-order valence-electron chi connectivity index (χ4n) is 8.09. The highest BCUT2D eigenvalue weighted by Gasteiger charge is 2.47. The first-order chi connectivity index (χ1) is 34.2. The number of hydrogen-bond acceptors (Lipinski definition) is 10. The summed E-state index contributed by atoms with van der Waals surface area (Å²) in [7, 11) is 0. The van der Waals surface area contributed by atoms with Crippen molar-refractivity contribution in [1.29, 1.82) is 0 Å². The molecule has 0 saturated carbocycles. The molecular weight excluding hydrogens is 883 g/mol. The van der Waals surface area contributed by atoms with Crippen LogP contribution in [0.25, 0.3) is 0 Å². The molecule has 0 spiro atoms. The number of allylic oxidation sites excluding steroid dienone is 13. The lowest BCUT2D eigenvalue weighted by atomic mass is 9.99. The van der Waals surface area contributed by atoms with Crippen LogP contribution in [-0.2, 0) is 23.8 Å². The molecule has 11 heteroatoms. The number of nitrogens with one attached hydrogen (secondary N) is 1. The van der Waals surface area contributed by atoms with Gasteiger partial charge in [-0.3, -0.25) is 9.59 Å². The van der Waals surface area contributed by atoms with E-state index < -0.39 is 67.4 Å². The van der Waals surface area contributed by atoms with E-state index in [9.17, 15) is 35.1 Å². The molecule has 1 aliphatic rings. The zero-order valence-electron chi connectivity index (χ0n) is 44.1. The van der Waals surface area contributed by atoms with E-state index in [1.807, 2.05) is 18.2 Å². The third-order valence-corrected chi connectivity index (χ3v) is 12.5. The summed E-state index contributed by atoms with van der Waals surface area (Å²) < 4.78 is 17.5. The molecule has 1 amide bonds. The van der Waals surface area contributed by atoms with E-state index in [2.05, 4.69) is 86.8 Å². The lowest BCUT2D eigenvalue weighted by molar-refractivity contribution is -0.305. The highest BCUT2D eigenvalue weighted by atomic mass is 16.7. The first kappa shape index (κ1) is 64.9. The molecule has 1 heterocycles. The number of ether oxygens (including phenoxy) is 3. The van der Waals surface area contributed by atoms with E-state index in [0.29, 0.717) is 12.8 Å². The van der Waals surface area contributed by atoms with Gasteiger partial charge < -0.3 is 45.1 Å². The molecule has 1 rings (SSSR count). The summed E-state index contributed by atoms with van der Waals surface area (Å²) in [6.45, 7) is 5.58. The third-order valence-electron chi connectivity index (χ3n) is 12.5. The summed E-state index contributed by atoms with van der Waals surface area (Å²) in [6, 6.07) is -1.06. The van der Waals surface area contributed by atoms with Crippen molar-refractivity contribution in [3.63, 3.8) is 0 Å². The van der Waals surface area contributed by atoms with Gasteiger partial charge in [-0.15, -0.1) is 0 Å². The van der Waals surface area contributed by atoms with E-state index in [1.165, 1.54) is 64.2 Å². The smallest absolute Gasteiger partial charge is 0.306 e. The predicted octanol–water partition coefficient (Wildman–Crippen LogP) is 12.2. The average Bonchev–Trinajstić information content (AvgIpc) is 3.36. The number of rotatable bonds is 45. The zero-order valence-corrected chi connectivity index (χ0v) is 44.1. The van der Waals surface area contributed by atoms with Gasteiger partial charge in [-0.25, -0.2) is 0 Å². The van der Waals surface area contributed by atoms with Gasteiger partial charge in [-0.1, -0.05) is 202 Å². The second-order valence-corrected chi connectivity index (χ2v) is 18.9. The Kier molecular flexibility index (Phi) is 43.4.